The van der Waals surface area contributed by atoms with Crippen LogP contribution in [0.4, 0.5) is 0 Å². The summed E-state index contributed by atoms with van der Waals surface area (Å²) < 4.78 is 6.09. The Balaban J connectivity index is 2.43. The Morgan fingerprint density at radius 3 is 2.67 bits per heavy atom. The molecule has 18 heavy (non-hydrogen) atoms. The van der Waals surface area contributed by atoms with E-state index in [9.17, 15) is 9.90 Å². The number of rotatable bonds is 3. The highest BCUT2D eigenvalue weighted by Gasteiger charge is 2.17. The molecule has 0 aliphatic heterocycles. The summed E-state index contributed by atoms with van der Waals surface area (Å²) in [6.07, 6.45) is 1.58. The third kappa shape index (κ3) is 2.37. The molecule has 0 saturated carbocycles. The van der Waals surface area contributed by atoms with Crippen molar-refractivity contribution in [2.75, 3.05) is 7.11 Å². The van der Waals surface area contributed by atoms with Gasteiger partial charge in [-0.3, -0.25) is 0 Å². The van der Waals surface area contributed by atoms with Crippen LogP contribution in [0, 0.1) is 0 Å². The molecule has 0 bridgehead atoms. The number of esters is 1. The van der Waals surface area contributed by atoms with Crippen LogP contribution in [0.25, 0.3) is 5.69 Å². The Bertz CT molecular complexity index is 563. The maximum Gasteiger partial charge on any atom is 0.358 e. The number of aliphatic hydroxyl groups excluding tert-OH is 1. The lowest BCUT2D eigenvalue weighted by molar-refractivity contribution is 0.0590. The number of halogens is 1. The molecule has 0 amide bonds. The minimum atomic E-state index is -0.577. The second kappa shape index (κ2) is 5.20. The first-order chi connectivity index (χ1) is 8.65. The van der Waals surface area contributed by atoms with Gasteiger partial charge < -0.3 is 9.84 Å². The lowest BCUT2D eigenvalue weighted by Gasteiger charge is -2.00. The van der Waals surface area contributed by atoms with Crippen LogP contribution in [0.2, 0.25) is 5.02 Å². The molecule has 1 N–H and O–H groups in total. The molecule has 1 aromatic carbocycles. The first-order valence-electron chi connectivity index (χ1n) is 5.19. The molecule has 0 saturated heterocycles. The number of aromatic nitrogens is 2. The van der Waals surface area contributed by atoms with Crippen molar-refractivity contribution in [3.05, 3.63) is 46.7 Å². The molecule has 0 unspecified atom stereocenters. The van der Waals surface area contributed by atoms with Crippen molar-refractivity contribution in [3.63, 3.8) is 0 Å². The summed E-state index contributed by atoms with van der Waals surface area (Å²) in [5.41, 5.74) is 1.26. The molecule has 0 radical (unpaired) electrons. The van der Waals surface area contributed by atoms with Gasteiger partial charge in [-0.1, -0.05) is 11.6 Å². The number of aliphatic hydroxyl groups is 1. The van der Waals surface area contributed by atoms with Crippen LogP contribution in [-0.2, 0) is 11.3 Å². The van der Waals surface area contributed by atoms with Gasteiger partial charge in [-0.25, -0.2) is 9.48 Å². The Morgan fingerprint density at radius 2 is 2.11 bits per heavy atom. The van der Waals surface area contributed by atoms with E-state index in [1.165, 1.54) is 11.8 Å². The zero-order valence-electron chi connectivity index (χ0n) is 9.63. The molecule has 0 spiro atoms. The van der Waals surface area contributed by atoms with E-state index in [0.29, 0.717) is 10.6 Å². The Hall–Kier alpha value is -1.85. The summed E-state index contributed by atoms with van der Waals surface area (Å²) in [7, 11) is 1.27. The molecule has 1 aromatic heterocycles. The van der Waals surface area contributed by atoms with Crippen molar-refractivity contribution in [2.45, 2.75) is 6.61 Å². The van der Waals surface area contributed by atoms with Crippen molar-refractivity contribution in [1.29, 1.82) is 0 Å². The lowest BCUT2D eigenvalue weighted by atomic mass is 10.2. The summed E-state index contributed by atoms with van der Waals surface area (Å²) in [5, 5.41) is 13.9. The van der Waals surface area contributed by atoms with Crippen molar-refractivity contribution in [2.24, 2.45) is 0 Å². The smallest absolute Gasteiger partial charge is 0.358 e. The first-order valence-corrected chi connectivity index (χ1v) is 5.57. The summed E-state index contributed by atoms with van der Waals surface area (Å²) in [4.78, 5) is 11.5. The fourth-order valence-electron chi connectivity index (χ4n) is 1.52. The van der Waals surface area contributed by atoms with Crippen molar-refractivity contribution >= 4 is 17.6 Å². The normalized spacial score (nSPS) is 10.4. The molecular formula is C12H11ClN2O3. The van der Waals surface area contributed by atoms with Crippen molar-refractivity contribution in [1.82, 2.24) is 9.78 Å². The minimum absolute atomic E-state index is 0.106. The monoisotopic (exact) mass is 266 g/mol. The Morgan fingerprint density at radius 1 is 1.44 bits per heavy atom. The molecule has 6 heteroatoms. The number of hydrogen-bond donors (Lipinski definition) is 1. The van der Waals surface area contributed by atoms with Gasteiger partial charge in [0.25, 0.3) is 0 Å². The summed E-state index contributed by atoms with van der Waals surface area (Å²) in [5.74, 6) is -0.577. The van der Waals surface area contributed by atoms with E-state index in [0.717, 1.165) is 5.69 Å². The molecule has 0 aliphatic rings. The van der Waals surface area contributed by atoms with Crippen LogP contribution in [0.5, 0.6) is 0 Å². The van der Waals surface area contributed by atoms with Crippen LogP contribution in [0.15, 0.2) is 30.5 Å². The second-order valence-corrected chi connectivity index (χ2v) is 4.01. The summed E-state index contributed by atoms with van der Waals surface area (Å²) >= 11 is 5.79. The van der Waals surface area contributed by atoms with E-state index in [1.54, 1.807) is 30.5 Å². The van der Waals surface area contributed by atoms with Crippen LogP contribution < -0.4 is 0 Å². The van der Waals surface area contributed by atoms with Gasteiger partial charge in [0.05, 0.1) is 19.4 Å². The standard InChI is InChI=1S/C12H11ClN2O3/c1-18-12(17)11-8(7-16)6-15(14-11)10-4-2-9(13)3-5-10/h2-6,16H,7H2,1H3. The zero-order chi connectivity index (χ0) is 13.1. The summed E-state index contributed by atoms with van der Waals surface area (Å²) in [6, 6.07) is 6.96. The number of benzene rings is 1. The van der Waals surface area contributed by atoms with Gasteiger partial charge in [-0.15, -0.1) is 0 Å². The molecule has 2 aromatic rings. The molecule has 2 rings (SSSR count). The van der Waals surface area contributed by atoms with Gasteiger partial charge in [-0.05, 0) is 24.3 Å². The number of methoxy groups -OCH3 is 1. The number of ether oxygens (including phenoxy) is 1. The van der Waals surface area contributed by atoms with Crippen LogP contribution in [-0.4, -0.2) is 28.0 Å². The van der Waals surface area contributed by atoms with Gasteiger partial charge in [-0.2, -0.15) is 5.10 Å². The van der Waals surface area contributed by atoms with Gasteiger partial charge in [0.2, 0.25) is 0 Å². The quantitative estimate of drug-likeness (QED) is 0.861. The van der Waals surface area contributed by atoms with Gasteiger partial charge in [0.1, 0.15) is 0 Å². The third-order valence-electron chi connectivity index (χ3n) is 2.43. The average molecular weight is 267 g/mol. The second-order valence-electron chi connectivity index (χ2n) is 3.57. The number of carbonyl (C=O) groups excluding carboxylic acids is 1. The highest BCUT2D eigenvalue weighted by molar-refractivity contribution is 6.30. The molecule has 0 atom stereocenters. The Labute approximate surface area is 109 Å². The number of hydrogen-bond acceptors (Lipinski definition) is 4. The minimum Gasteiger partial charge on any atom is -0.464 e. The van der Waals surface area contributed by atoms with E-state index in [4.69, 9.17) is 11.6 Å². The molecular weight excluding hydrogens is 256 g/mol. The van der Waals surface area contributed by atoms with Crippen LogP contribution in [0.1, 0.15) is 16.1 Å². The fourth-order valence-corrected chi connectivity index (χ4v) is 1.65. The first kappa shape index (κ1) is 12.6. The van der Waals surface area contributed by atoms with E-state index in [2.05, 4.69) is 9.84 Å². The van der Waals surface area contributed by atoms with E-state index in [1.807, 2.05) is 0 Å². The SMILES string of the molecule is COC(=O)c1nn(-c2ccc(Cl)cc2)cc1CO. The molecule has 0 fully saturated rings. The van der Waals surface area contributed by atoms with Crippen molar-refractivity contribution in [3.8, 4) is 5.69 Å². The number of nitrogens with zero attached hydrogens (tertiary/aromatic N) is 2. The average Bonchev–Trinajstić information content (AvgIpc) is 2.82. The Kier molecular flexibility index (Phi) is 3.64. The topological polar surface area (TPSA) is 64.3 Å². The van der Waals surface area contributed by atoms with Crippen LogP contribution in [0.3, 0.4) is 0 Å². The van der Waals surface area contributed by atoms with Crippen LogP contribution >= 0.6 is 11.6 Å². The predicted molar refractivity (Wildman–Crippen MR) is 65.8 cm³/mol. The highest BCUT2D eigenvalue weighted by atomic mass is 35.5. The zero-order valence-corrected chi connectivity index (χ0v) is 10.4. The molecule has 5 nitrogen and oxygen atoms in total. The number of carbonyl (C=O) groups is 1. The van der Waals surface area contributed by atoms with Gasteiger partial charge in [0.15, 0.2) is 5.69 Å². The molecule has 94 valence electrons. The summed E-state index contributed by atoms with van der Waals surface area (Å²) in [6.45, 7) is -0.280. The highest BCUT2D eigenvalue weighted by Crippen LogP contribution is 2.16. The molecule has 1 heterocycles. The largest absolute Gasteiger partial charge is 0.464 e. The maximum atomic E-state index is 11.5. The third-order valence-corrected chi connectivity index (χ3v) is 2.68. The predicted octanol–water partition coefficient (Wildman–Crippen LogP) is 1.80. The maximum absolute atomic E-state index is 11.5. The van der Waals surface area contributed by atoms with E-state index >= 15 is 0 Å². The molecule has 0 aliphatic carbocycles. The van der Waals surface area contributed by atoms with E-state index in [-0.39, 0.29) is 12.3 Å². The van der Waals surface area contributed by atoms with Gasteiger partial charge >= 0.3 is 5.97 Å². The fraction of sp³-hybridized carbons (Fsp3) is 0.167. The van der Waals surface area contributed by atoms with Crippen molar-refractivity contribution < 1.29 is 14.6 Å². The lowest BCUT2D eigenvalue weighted by Crippen LogP contribution is -2.06. The van der Waals surface area contributed by atoms with Gasteiger partial charge in [0, 0.05) is 16.8 Å². The van der Waals surface area contributed by atoms with E-state index < -0.39 is 5.97 Å².